The fraction of sp³-hybridized carbons (Fsp3) is 0.714. The van der Waals surface area contributed by atoms with Crippen molar-refractivity contribution < 1.29 is 5.32 Å². The van der Waals surface area contributed by atoms with E-state index in [1.165, 1.54) is 35.6 Å². The van der Waals surface area contributed by atoms with E-state index in [0.717, 1.165) is 17.9 Å². The van der Waals surface area contributed by atoms with Crippen molar-refractivity contribution in [2.45, 2.75) is 52.6 Å². The molecule has 0 saturated heterocycles. The maximum Gasteiger partial charge on any atom is 0.111 e. The minimum absolute atomic E-state index is 0.853. The molecule has 0 spiro atoms. The van der Waals surface area contributed by atoms with Gasteiger partial charge in [0.2, 0.25) is 0 Å². The van der Waals surface area contributed by atoms with Crippen LogP contribution in [0, 0.1) is 18.8 Å². The first-order valence-corrected chi connectivity index (χ1v) is 7.37. The van der Waals surface area contributed by atoms with Crippen molar-refractivity contribution in [1.29, 1.82) is 0 Å². The maximum atomic E-state index is 2.58. The Morgan fingerprint density at radius 3 is 2.81 bits per heavy atom. The molecule has 0 radical (unpaired) electrons. The molecule has 1 fully saturated rings. The molecule has 1 aromatic heterocycles. The van der Waals surface area contributed by atoms with Crippen LogP contribution in [0.15, 0.2) is 12.1 Å². The van der Waals surface area contributed by atoms with Crippen LogP contribution in [0.2, 0.25) is 0 Å². The van der Waals surface area contributed by atoms with E-state index < -0.39 is 0 Å². The first kappa shape index (κ1) is 12.1. The maximum absolute atomic E-state index is 2.58. The second kappa shape index (κ2) is 5.33. The summed E-state index contributed by atoms with van der Waals surface area (Å²) in [6.07, 6.45) is 4.27. The number of thiophene rings is 1. The lowest BCUT2D eigenvalue weighted by molar-refractivity contribution is -0.713. The SMILES string of the molecule is Cc1ccc(C[NH2+][C@@H]2CCC[C@@H](C)[C@@H]2C)s1. The average Bonchev–Trinajstić information content (AvgIpc) is 2.67. The van der Waals surface area contributed by atoms with Crippen molar-refractivity contribution in [2.75, 3.05) is 0 Å². The minimum Gasteiger partial charge on any atom is -0.339 e. The van der Waals surface area contributed by atoms with Crippen molar-refractivity contribution in [3.8, 4) is 0 Å². The molecule has 2 heteroatoms. The monoisotopic (exact) mass is 238 g/mol. The molecule has 2 N–H and O–H groups in total. The van der Waals surface area contributed by atoms with Gasteiger partial charge in [-0.15, -0.1) is 11.3 Å². The van der Waals surface area contributed by atoms with Gasteiger partial charge in [0.15, 0.2) is 0 Å². The molecule has 16 heavy (non-hydrogen) atoms. The summed E-state index contributed by atoms with van der Waals surface area (Å²) in [6, 6.07) is 5.37. The molecule has 90 valence electrons. The van der Waals surface area contributed by atoms with Gasteiger partial charge in [-0.25, -0.2) is 0 Å². The third-order valence-electron chi connectivity index (χ3n) is 4.19. The first-order valence-electron chi connectivity index (χ1n) is 6.55. The van der Waals surface area contributed by atoms with Crippen LogP contribution >= 0.6 is 11.3 Å². The van der Waals surface area contributed by atoms with Crippen LogP contribution in [-0.4, -0.2) is 6.04 Å². The molecule has 0 aliphatic heterocycles. The third kappa shape index (κ3) is 2.86. The molecular weight excluding hydrogens is 214 g/mol. The Morgan fingerprint density at radius 2 is 2.12 bits per heavy atom. The first-order chi connectivity index (χ1) is 7.66. The highest BCUT2D eigenvalue weighted by molar-refractivity contribution is 7.11. The van der Waals surface area contributed by atoms with Crippen LogP contribution in [0.5, 0.6) is 0 Å². The average molecular weight is 238 g/mol. The lowest BCUT2D eigenvalue weighted by Crippen LogP contribution is -2.90. The molecule has 1 aromatic rings. The topological polar surface area (TPSA) is 16.6 Å². The number of hydrogen-bond donors (Lipinski definition) is 1. The highest BCUT2D eigenvalue weighted by Gasteiger charge is 2.29. The molecule has 0 amide bonds. The van der Waals surface area contributed by atoms with E-state index in [1.54, 1.807) is 0 Å². The van der Waals surface area contributed by atoms with Crippen molar-refractivity contribution in [3.05, 3.63) is 21.9 Å². The summed E-state index contributed by atoms with van der Waals surface area (Å²) in [6.45, 7) is 8.23. The molecule has 0 aromatic carbocycles. The number of aryl methyl sites for hydroxylation is 1. The molecule has 1 nitrogen and oxygen atoms in total. The predicted molar refractivity (Wildman–Crippen MR) is 70.7 cm³/mol. The van der Waals surface area contributed by atoms with E-state index in [4.69, 9.17) is 0 Å². The fourth-order valence-corrected chi connectivity index (χ4v) is 3.68. The van der Waals surface area contributed by atoms with Gasteiger partial charge >= 0.3 is 0 Å². The van der Waals surface area contributed by atoms with Gasteiger partial charge < -0.3 is 5.32 Å². The summed E-state index contributed by atoms with van der Waals surface area (Å²) in [7, 11) is 0. The number of hydrogen-bond acceptors (Lipinski definition) is 1. The zero-order valence-electron chi connectivity index (χ0n) is 10.7. The third-order valence-corrected chi connectivity index (χ3v) is 5.21. The molecule has 1 saturated carbocycles. The Kier molecular flexibility index (Phi) is 4.04. The van der Waals surface area contributed by atoms with Gasteiger partial charge in [-0.3, -0.25) is 0 Å². The van der Waals surface area contributed by atoms with Gasteiger partial charge in [0.25, 0.3) is 0 Å². The van der Waals surface area contributed by atoms with Gasteiger partial charge in [-0.1, -0.05) is 13.8 Å². The molecule has 0 unspecified atom stereocenters. The standard InChI is InChI=1S/C14H23NS/c1-10-5-4-6-14(12(10)3)15-9-13-8-7-11(2)16-13/h7-8,10,12,14-15H,4-6,9H2,1-3H3/p+1/t10-,12+,14-/m1/s1. The quantitative estimate of drug-likeness (QED) is 0.834. The van der Waals surface area contributed by atoms with Crippen LogP contribution in [0.3, 0.4) is 0 Å². The molecular formula is C14H24NS+. The van der Waals surface area contributed by atoms with Crippen LogP contribution in [0.1, 0.15) is 42.9 Å². The van der Waals surface area contributed by atoms with E-state index in [0.29, 0.717) is 0 Å². The lowest BCUT2D eigenvalue weighted by atomic mass is 9.78. The molecule has 0 bridgehead atoms. The number of rotatable bonds is 3. The largest absolute Gasteiger partial charge is 0.339 e. The van der Waals surface area contributed by atoms with Gasteiger partial charge in [0, 0.05) is 10.8 Å². The summed E-state index contributed by atoms with van der Waals surface area (Å²) < 4.78 is 0. The Hall–Kier alpha value is -0.340. The minimum atomic E-state index is 0.853. The zero-order valence-corrected chi connectivity index (χ0v) is 11.5. The summed E-state index contributed by atoms with van der Waals surface area (Å²) in [5.74, 6) is 1.80. The smallest absolute Gasteiger partial charge is 0.111 e. The second-order valence-electron chi connectivity index (χ2n) is 5.38. The van der Waals surface area contributed by atoms with Crippen molar-refractivity contribution in [2.24, 2.45) is 11.8 Å². The van der Waals surface area contributed by atoms with Crippen LogP contribution in [-0.2, 0) is 6.54 Å². The van der Waals surface area contributed by atoms with Gasteiger partial charge in [0.05, 0.1) is 10.9 Å². The zero-order chi connectivity index (χ0) is 11.5. The Bertz CT molecular complexity index is 331. The van der Waals surface area contributed by atoms with Crippen LogP contribution in [0.4, 0.5) is 0 Å². The van der Waals surface area contributed by atoms with Crippen LogP contribution in [0.25, 0.3) is 0 Å². The fourth-order valence-electron chi connectivity index (χ4n) is 2.82. The van der Waals surface area contributed by atoms with Crippen molar-refractivity contribution >= 4 is 11.3 Å². The normalized spacial score (nSPS) is 30.6. The molecule has 2 rings (SSSR count). The van der Waals surface area contributed by atoms with Crippen molar-refractivity contribution in [1.82, 2.24) is 0 Å². The van der Waals surface area contributed by atoms with Gasteiger partial charge in [-0.05, 0) is 44.2 Å². The lowest BCUT2D eigenvalue weighted by Gasteiger charge is -2.32. The van der Waals surface area contributed by atoms with E-state index in [-0.39, 0.29) is 0 Å². The van der Waals surface area contributed by atoms with E-state index in [2.05, 4.69) is 38.2 Å². The Morgan fingerprint density at radius 1 is 1.31 bits per heavy atom. The summed E-state index contributed by atoms with van der Waals surface area (Å²) >= 11 is 1.95. The Balaban J connectivity index is 1.85. The van der Waals surface area contributed by atoms with Crippen molar-refractivity contribution in [3.63, 3.8) is 0 Å². The highest BCUT2D eigenvalue weighted by atomic mass is 32.1. The molecule has 3 atom stereocenters. The highest BCUT2D eigenvalue weighted by Crippen LogP contribution is 2.27. The van der Waals surface area contributed by atoms with Crippen LogP contribution < -0.4 is 5.32 Å². The molecule has 1 heterocycles. The van der Waals surface area contributed by atoms with E-state index >= 15 is 0 Å². The molecule has 1 aliphatic rings. The number of quaternary nitrogens is 1. The summed E-state index contributed by atoms with van der Waals surface area (Å²) in [5.41, 5.74) is 0. The number of nitrogens with two attached hydrogens (primary N) is 1. The summed E-state index contributed by atoms with van der Waals surface area (Å²) in [5, 5.41) is 2.58. The van der Waals surface area contributed by atoms with E-state index in [1.807, 2.05) is 11.3 Å². The van der Waals surface area contributed by atoms with Gasteiger partial charge in [-0.2, -0.15) is 0 Å². The Labute approximate surface area is 103 Å². The second-order valence-corrected chi connectivity index (χ2v) is 6.76. The summed E-state index contributed by atoms with van der Waals surface area (Å²) in [4.78, 5) is 2.97. The predicted octanol–water partition coefficient (Wildman–Crippen LogP) is 2.94. The molecule has 1 aliphatic carbocycles. The van der Waals surface area contributed by atoms with Gasteiger partial charge in [0.1, 0.15) is 6.54 Å². The van der Waals surface area contributed by atoms with E-state index in [9.17, 15) is 0 Å².